The van der Waals surface area contributed by atoms with Gasteiger partial charge in [-0.25, -0.2) is 4.98 Å². The Morgan fingerprint density at radius 2 is 1.86 bits per heavy atom. The summed E-state index contributed by atoms with van der Waals surface area (Å²) >= 11 is 0. The normalized spacial score (nSPS) is 11.1. The Labute approximate surface area is 131 Å². The predicted octanol–water partition coefficient (Wildman–Crippen LogP) is 3.32. The summed E-state index contributed by atoms with van der Waals surface area (Å²) in [6.07, 6.45) is 1.60. The average molecular weight is 298 g/mol. The van der Waals surface area contributed by atoms with E-state index in [1.807, 2.05) is 12.1 Å². The topological polar surface area (TPSA) is 51.2 Å². The van der Waals surface area contributed by atoms with Crippen LogP contribution in [0.5, 0.6) is 5.88 Å². The molecule has 0 bridgehead atoms. The number of hydrogen-bond acceptors (Lipinski definition) is 3. The maximum Gasteiger partial charge on any atom is 0.257 e. The molecule has 1 heterocycles. The number of nitrogens with zero attached hydrogens (tertiary/aromatic N) is 1. The molecule has 4 nitrogen and oxygen atoms in total. The molecule has 0 saturated heterocycles. The van der Waals surface area contributed by atoms with Crippen molar-refractivity contribution in [2.45, 2.75) is 32.7 Å². The molecule has 1 N–H and O–H groups in total. The second-order valence-electron chi connectivity index (χ2n) is 6.19. The lowest BCUT2D eigenvalue weighted by Crippen LogP contribution is -2.23. The van der Waals surface area contributed by atoms with Gasteiger partial charge < -0.3 is 10.1 Å². The highest BCUT2D eigenvalue weighted by molar-refractivity contribution is 5.96. The van der Waals surface area contributed by atoms with E-state index in [1.54, 1.807) is 18.3 Å². The predicted molar refractivity (Wildman–Crippen MR) is 87.1 cm³/mol. The largest absolute Gasteiger partial charge is 0.480 e. The number of rotatable bonds is 4. The van der Waals surface area contributed by atoms with Crippen molar-refractivity contribution in [2.24, 2.45) is 0 Å². The first-order chi connectivity index (χ1) is 10.4. The number of benzene rings is 1. The molecule has 116 valence electrons. The van der Waals surface area contributed by atoms with Crippen LogP contribution in [0.3, 0.4) is 0 Å². The molecule has 0 saturated carbocycles. The fraction of sp³-hybridized carbons (Fsp3) is 0.333. The van der Waals surface area contributed by atoms with Crippen LogP contribution in [0.25, 0.3) is 0 Å². The molecule has 22 heavy (non-hydrogen) atoms. The average Bonchev–Trinajstić information content (AvgIpc) is 2.52. The van der Waals surface area contributed by atoms with Crippen molar-refractivity contribution in [2.75, 3.05) is 7.11 Å². The Kier molecular flexibility index (Phi) is 4.81. The van der Waals surface area contributed by atoms with Crippen molar-refractivity contribution in [3.8, 4) is 5.88 Å². The Balaban J connectivity index is 2.02. The zero-order valence-corrected chi connectivity index (χ0v) is 13.5. The standard InChI is InChI=1S/C18H22N2O2/c1-18(2,3)14-9-7-13(8-10-14)12-20-16(21)15-6-5-11-19-17(15)22-4/h5-11H,12H2,1-4H3,(H,20,21). The molecule has 0 aliphatic heterocycles. The quantitative estimate of drug-likeness (QED) is 0.942. The zero-order chi connectivity index (χ0) is 16.2. The van der Waals surface area contributed by atoms with Crippen molar-refractivity contribution in [1.82, 2.24) is 10.3 Å². The van der Waals surface area contributed by atoms with E-state index in [2.05, 4.69) is 43.2 Å². The molecule has 0 unspecified atom stereocenters. The molecular weight excluding hydrogens is 276 g/mol. The minimum atomic E-state index is -0.190. The molecule has 4 heteroatoms. The monoisotopic (exact) mass is 298 g/mol. The lowest BCUT2D eigenvalue weighted by atomic mass is 9.87. The highest BCUT2D eigenvalue weighted by Crippen LogP contribution is 2.22. The van der Waals surface area contributed by atoms with Crippen LogP contribution < -0.4 is 10.1 Å². The number of hydrogen-bond donors (Lipinski definition) is 1. The van der Waals surface area contributed by atoms with Gasteiger partial charge in [-0.15, -0.1) is 0 Å². The van der Waals surface area contributed by atoms with Gasteiger partial charge in [0.25, 0.3) is 5.91 Å². The summed E-state index contributed by atoms with van der Waals surface area (Å²) in [4.78, 5) is 16.2. The minimum absolute atomic E-state index is 0.130. The Bertz CT molecular complexity index is 643. The fourth-order valence-corrected chi connectivity index (χ4v) is 2.13. The molecule has 0 aliphatic rings. The van der Waals surface area contributed by atoms with Crippen molar-refractivity contribution in [1.29, 1.82) is 0 Å². The van der Waals surface area contributed by atoms with Gasteiger partial charge in [-0.3, -0.25) is 4.79 Å². The summed E-state index contributed by atoms with van der Waals surface area (Å²) in [5, 5.41) is 2.89. The maximum absolute atomic E-state index is 12.2. The molecule has 0 spiro atoms. The Morgan fingerprint density at radius 1 is 1.18 bits per heavy atom. The van der Waals surface area contributed by atoms with E-state index in [9.17, 15) is 4.79 Å². The van der Waals surface area contributed by atoms with E-state index in [0.29, 0.717) is 18.0 Å². The number of nitrogens with one attached hydrogen (secondary N) is 1. The first kappa shape index (κ1) is 16.0. The summed E-state index contributed by atoms with van der Waals surface area (Å²) in [5.41, 5.74) is 2.90. The molecule has 1 aromatic heterocycles. The third kappa shape index (κ3) is 3.85. The van der Waals surface area contributed by atoms with E-state index in [1.165, 1.54) is 12.7 Å². The van der Waals surface area contributed by atoms with Crippen molar-refractivity contribution in [3.05, 3.63) is 59.3 Å². The zero-order valence-electron chi connectivity index (χ0n) is 13.5. The number of methoxy groups -OCH3 is 1. The van der Waals surface area contributed by atoms with Crippen LogP contribution in [0.4, 0.5) is 0 Å². The highest BCUT2D eigenvalue weighted by atomic mass is 16.5. The van der Waals surface area contributed by atoms with E-state index < -0.39 is 0 Å². The molecule has 0 aliphatic carbocycles. The molecule has 0 radical (unpaired) electrons. The number of carbonyl (C=O) groups excluding carboxylic acids is 1. The Hall–Kier alpha value is -2.36. The van der Waals surface area contributed by atoms with Gasteiger partial charge in [0, 0.05) is 12.7 Å². The van der Waals surface area contributed by atoms with Gasteiger partial charge in [0.05, 0.1) is 7.11 Å². The van der Waals surface area contributed by atoms with Gasteiger partial charge in [-0.05, 0) is 28.7 Å². The second kappa shape index (κ2) is 6.60. The summed E-state index contributed by atoms with van der Waals surface area (Å²) in [5.74, 6) is 0.146. The Morgan fingerprint density at radius 3 is 2.45 bits per heavy atom. The van der Waals surface area contributed by atoms with Gasteiger partial charge in [0.1, 0.15) is 5.56 Å². The number of aromatic nitrogens is 1. The lowest BCUT2D eigenvalue weighted by molar-refractivity contribution is 0.0947. The summed E-state index contributed by atoms with van der Waals surface area (Å²) < 4.78 is 5.10. The van der Waals surface area contributed by atoms with Crippen LogP contribution in [0.2, 0.25) is 0 Å². The molecule has 1 aromatic carbocycles. The van der Waals surface area contributed by atoms with Gasteiger partial charge >= 0.3 is 0 Å². The fourth-order valence-electron chi connectivity index (χ4n) is 2.13. The van der Waals surface area contributed by atoms with E-state index in [0.717, 1.165) is 5.56 Å². The molecular formula is C18H22N2O2. The van der Waals surface area contributed by atoms with Gasteiger partial charge in [0.15, 0.2) is 0 Å². The van der Waals surface area contributed by atoms with Gasteiger partial charge in [0.2, 0.25) is 5.88 Å². The van der Waals surface area contributed by atoms with Gasteiger partial charge in [-0.2, -0.15) is 0 Å². The molecule has 1 amide bonds. The number of amides is 1. The maximum atomic E-state index is 12.2. The van der Waals surface area contributed by atoms with Crippen molar-refractivity contribution < 1.29 is 9.53 Å². The second-order valence-corrected chi connectivity index (χ2v) is 6.19. The van der Waals surface area contributed by atoms with Crippen LogP contribution in [-0.2, 0) is 12.0 Å². The first-order valence-corrected chi connectivity index (χ1v) is 7.28. The van der Waals surface area contributed by atoms with E-state index in [4.69, 9.17) is 4.74 Å². The molecule has 0 fully saturated rings. The number of ether oxygens (including phenoxy) is 1. The lowest BCUT2D eigenvalue weighted by Gasteiger charge is -2.19. The molecule has 2 aromatic rings. The van der Waals surface area contributed by atoms with Gasteiger partial charge in [-0.1, -0.05) is 45.0 Å². The summed E-state index contributed by atoms with van der Waals surface area (Å²) in [6.45, 7) is 7.01. The van der Waals surface area contributed by atoms with E-state index >= 15 is 0 Å². The smallest absolute Gasteiger partial charge is 0.257 e. The SMILES string of the molecule is COc1ncccc1C(=O)NCc1ccc(C(C)(C)C)cc1. The van der Waals surface area contributed by atoms with Crippen LogP contribution in [0, 0.1) is 0 Å². The van der Waals surface area contributed by atoms with Crippen molar-refractivity contribution in [3.63, 3.8) is 0 Å². The van der Waals surface area contributed by atoms with Crippen LogP contribution in [0.15, 0.2) is 42.6 Å². The first-order valence-electron chi connectivity index (χ1n) is 7.28. The summed E-state index contributed by atoms with van der Waals surface area (Å²) in [6, 6.07) is 11.7. The van der Waals surface area contributed by atoms with Crippen molar-refractivity contribution >= 4 is 5.91 Å². The number of pyridine rings is 1. The van der Waals surface area contributed by atoms with Crippen LogP contribution in [-0.4, -0.2) is 18.0 Å². The van der Waals surface area contributed by atoms with E-state index in [-0.39, 0.29) is 11.3 Å². The number of carbonyl (C=O) groups is 1. The minimum Gasteiger partial charge on any atom is -0.480 e. The van der Waals surface area contributed by atoms with Crippen LogP contribution >= 0.6 is 0 Å². The highest BCUT2D eigenvalue weighted by Gasteiger charge is 2.14. The summed E-state index contributed by atoms with van der Waals surface area (Å²) in [7, 11) is 1.50. The third-order valence-corrected chi connectivity index (χ3v) is 3.48. The molecule has 0 atom stereocenters. The molecule has 2 rings (SSSR count). The van der Waals surface area contributed by atoms with Crippen LogP contribution in [0.1, 0.15) is 42.3 Å². The third-order valence-electron chi connectivity index (χ3n) is 3.48.